The van der Waals surface area contributed by atoms with Crippen LogP contribution in [0.4, 0.5) is 0 Å². The molecule has 0 aliphatic heterocycles. The molecule has 0 saturated carbocycles. The highest BCUT2D eigenvalue weighted by molar-refractivity contribution is 5.87. The van der Waals surface area contributed by atoms with Gasteiger partial charge in [0.15, 0.2) is 0 Å². The zero-order valence-electron chi connectivity index (χ0n) is 12.5. The molecule has 0 fully saturated rings. The predicted molar refractivity (Wildman–Crippen MR) is 79.9 cm³/mol. The number of hydrogen-bond acceptors (Lipinski definition) is 3. The van der Waals surface area contributed by atoms with Crippen LogP contribution >= 0.6 is 0 Å². The van der Waals surface area contributed by atoms with Crippen molar-refractivity contribution in [1.29, 1.82) is 0 Å². The number of carbonyl (C=O) groups is 1. The van der Waals surface area contributed by atoms with Crippen molar-refractivity contribution in [2.24, 2.45) is 0 Å². The quantitative estimate of drug-likeness (QED) is 0.573. The number of benzene rings is 1. The average Bonchev–Trinajstić information content (AvgIpc) is 2.49. The van der Waals surface area contributed by atoms with Crippen LogP contribution in [-0.4, -0.2) is 39.3 Å². The highest BCUT2D eigenvalue weighted by Crippen LogP contribution is 2.18. The second kappa shape index (κ2) is 9.15. The van der Waals surface area contributed by atoms with Gasteiger partial charge >= 0.3 is 5.97 Å². The summed E-state index contributed by atoms with van der Waals surface area (Å²) in [5.41, 5.74) is 0.862. The van der Waals surface area contributed by atoms with Crippen molar-refractivity contribution < 1.29 is 19.2 Å². The maximum atomic E-state index is 11.6. The van der Waals surface area contributed by atoms with Crippen molar-refractivity contribution in [1.82, 2.24) is 0 Å². The highest BCUT2D eigenvalue weighted by Gasteiger charge is 2.04. The van der Waals surface area contributed by atoms with Gasteiger partial charge in [-0.15, -0.1) is 0 Å². The van der Waals surface area contributed by atoms with E-state index in [1.807, 2.05) is 24.3 Å². The third-order valence-corrected chi connectivity index (χ3v) is 3.24. The summed E-state index contributed by atoms with van der Waals surface area (Å²) in [5.74, 6) is 0.423. The minimum atomic E-state index is -0.317. The number of para-hydroxylation sites is 1. The summed E-state index contributed by atoms with van der Waals surface area (Å²) < 4.78 is 10.4. The van der Waals surface area contributed by atoms with Crippen LogP contribution in [0.15, 0.2) is 30.3 Å². The van der Waals surface area contributed by atoms with Crippen molar-refractivity contribution >= 4 is 12.0 Å². The molecule has 0 bridgehead atoms. The molecule has 1 aromatic carbocycles. The van der Waals surface area contributed by atoms with E-state index in [0.717, 1.165) is 30.9 Å². The van der Waals surface area contributed by atoms with E-state index in [9.17, 15) is 4.79 Å². The SMILES string of the molecule is CC[NH+](CC)CCOC(=O)/C=C/c1ccccc1OC. The third-order valence-electron chi connectivity index (χ3n) is 3.24. The second-order valence-corrected chi connectivity index (χ2v) is 4.45. The zero-order chi connectivity index (χ0) is 14.8. The van der Waals surface area contributed by atoms with E-state index in [4.69, 9.17) is 9.47 Å². The molecule has 1 N–H and O–H groups in total. The lowest BCUT2D eigenvalue weighted by molar-refractivity contribution is -0.896. The Morgan fingerprint density at radius 3 is 2.60 bits per heavy atom. The van der Waals surface area contributed by atoms with E-state index in [0.29, 0.717) is 6.61 Å². The summed E-state index contributed by atoms with van der Waals surface area (Å²) in [6.45, 7) is 7.65. The van der Waals surface area contributed by atoms with Gasteiger partial charge in [0.25, 0.3) is 0 Å². The van der Waals surface area contributed by atoms with Crippen LogP contribution in [0, 0.1) is 0 Å². The molecule has 1 rings (SSSR count). The summed E-state index contributed by atoms with van der Waals surface area (Å²) in [5, 5.41) is 0. The fraction of sp³-hybridized carbons (Fsp3) is 0.438. The lowest BCUT2D eigenvalue weighted by Gasteiger charge is -2.14. The first kappa shape index (κ1) is 16.2. The number of likely N-dealkylation sites (N-methyl/N-ethyl adjacent to an activating group) is 1. The topological polar surface area (TPSA) is 40.0 Å². The molecule has 1 aromatic rings. The van der Waals surface area contributed by atoms with E-state index in [1.165, 1.54) is 11.0 Å². The highest BCUT2D eigenvalue weighted by atomic mass is 16.5. The number of rotatable bonds is 8. The fourth-order valence-electron chi connectivity index (χ4n) is 1.91. The molecule has 0 heterocycles. The minimum Gasteiger partial charge on any atom is -0.496 e. The van der Waals surface area contributed by atoms with Gasteiger partial charge in [0.1, 0.15) is 18.9 Å². The normalized spacial score (nSPS) is 11.0. The van der Waals surface area contributed by atoms with Gasteiger partial charge in [0.05, 0.1) is 20.2 Å². The molecular weight excluding hydrogens is 254 g/mol. The number of hydrogen-bond donors (Lipinski definition) is 1. The van der Waals surface area contributed by atoms with Gasteiger partial charge in [-0.1, -0.05) is 18.2 Å². The molecule has 0 aromatic heterocycles. The van der Waals surface area contributed by atoms with E-state index in [1.54, 1.807) is 13.2 Å². The van der Waals surface area contributed by atoms with Crippen LogP contribution in [0.25, 0.3) is 6.08 Å². The molecule has 0 aliphatic carbocycles. The zero-order valence-corrected chi connectivity index (χ0v) is 12.5. The molecule has 20 heavy (non-hydrogen) atoms. The van der Waals surface area contributed by atoms with Crippen LogP contribution in [0.1, 0.15) is 19.4 Å². The van der Waals surface area contributed by atoms with Gasteiger partial charge < -0.3 is 14.4 Å². The fourth-order valence-corrected chi connectivity index (χ4v) is 1.91. The van der Waals surface area contributed by atoms with Crippen LogP contribution in [0.2, 0.25) is 0 Å². The maximum Gasteiger partial charge on any atom is 0.330 e. The Kier molecular flexibility index (Phi) is 7.43. The Labute approximate surface area is 121 Å². The van der Waals surface area contributed by atoms with Crippen LogP contribution in [0.5, 0.6) is 5.75 Å². The van der Waals surface area contributed by atoms with E-state index in [-0.39, 0.29) is 5.97 Å². The van der Waals surface area contributed by atoms with E-state index in [2.05, 4.69) is 13.8 Å². The molecule has 0 amide bonds. The summed E-state index contributed by atoms with van der Waals surface area (Å²) in [6.07, 6.45) is 3.15. The summed E-state index contributed by atoms with van der Waals surface area (Å²) >= 11 is 0. The first-order valence-corrected chi connectivity index (χ1v) is 7.02. The Bertz CT molecular complexity index is 439. The van der Waals surface area contributed by atoms with E-state index >= 15 is 0 Å². The molecule has 0 atom stereocenters. The molecular formula is C16H24NO3+. The largest absolute Gasteiger partial charge is 0.496 e. The van der Waals surface area contributed by atoms with Gasteiger partial charge in [0, 0.05) is 11.6 Å². The Balaban J connectivity index is 2.43. The average molecular weight is 278 g/mol. The Morgan fingerprint density at radius 2 is 1.95 bits per heavy atom. The van der Waals surface area contributed by atoms with Crippen LogP contribution in [0.3, 0.4) is 0 Å². The third kappa shape index (κ3) is 5.45. The van der Waals surface area contributed by atoms with Crippen molar-refractivity contribution in [2.75, 3.05) is 33.4 Å². The first-order chi connectivity index (χ1) is 9.71. The molecule has 0 aliphatic rings. The number of esters is 1. The lowest BCUT2D eigenvalue weighted by atomic mass is 10.2. The summed E-state index contributed by atoms with van der Waals surface area (Å²) in [7, 11) is 1.61. The number of carbonyl (C=O) groups excluding carboxylic acids is 1. The molecule has 0 spiro atoms. The van der Waals surface area contributed by atoms with Gasteiger partial charge in [-0.05, 0) is 26.0 Å². The monoisotopic (exact) mass is 278 g/mol. The maximum absolute atomic E-state index is 11.6. The van der Waals surface area contributed by atoms with Crippen molar-refractivity contribution in [3.8, 4) is 5.75 Å². The summed E-state index contributed by atoms with van der Waals surface area (Å²) in [6, 6.07) is 7.54. The first-order valence-electron chi connectivity index (χ1n) is 7.02. The van der Waals surface area contributed by atoms with Gasteiger partial charge in [0.2, 0.25) is 0 Å². The molecule has 4 nitrogen and oxygen atoms in total. The lowest BCUT2D eigenvalue weighted by Crippen LogP contribution is -3.11. The van der Waals surface area contributed by atoms with Gasteiger partial charge in [-0.2, -0.15) is 0 Å². The molecule has 0 unspecified atom stereocenters. The summed E-state index contributed by atoms with van der Waals surface area (Å²) in [4.78, 5) is 13.0. The standard InChI is InChI=1S/C16H23NO3/c1-4-17(5-2)12-13-20-16(18)11-10-14-8-6-7-9-15(14)19-3/h6-11H,4-5,12-13H2,1-3H3/p+1/b11-10+. The Hall–Kier alpha value is -1.81. The predicted octanol–water partition coefficient (Wildman–Crippen LogP) is 1.18. The number of quaternary nitrogens is 1. The van der Waals surface area contributed by atoms with Gasteiger partial charge in [-0.3, -0.25) is 0 Å². The Morgan fingerprint density at radius 1 is 1.25 bits per heavy atom. The number of nitrogens with one attached hydrogen (secondary N) is 1. The van der Waals surface area contributed by atoms with E-state index < -0.39 is 0 Å². The number of methoxy groups -OCH3 is 1. The number of ether oxygens (including phenoxy) is 2. The van der Waals surface area contributed by atoms with Crippen LogP contribution < -0.4 is 9.64 Å². The molecule has 110 valence electrons. The molecule has 0 radical (unpaired) electrons. The smallest absolute Gasteiger partial charge is 0.330 e. The van der Waals surface area contributed by atoms with Crippen molar-refractivity contribution in [2.45, 2.75) is 13.8 Å². The molecule has 0 saturated heterocycles. The van der Waals surface area contributed by atoms with Gasteiger partial charge in [-0.25, -0.2) is 4.79 Å². The second-order valence-electron chi connectivity index (χ2n) is 4.45. The van der Waals surface area contributed by atoms with Crippen molar-refractivity contribution in [3.05, 3.63) is 35.9 Å². The molecule has 4 heteroatoms. The van der Waals surface area contributed by atoms with Crippen LogP contribution in [-0.2, 0) is 9.53 Å². The van der Waals surface area contributed by atoms with Crippen molar-refractivity contribution in [3.63, 3.8) is 0 Å². The minimum absolute atomic E-state index is 0.317.